The van der Waals surface area contributed by atoms with Crippen LogP contribution in [0.5, 0.6) is 5.75 Å². The Bertz CT molecular complexity index is 1530. The van der Waals surface area contributed by atoms with Crippen molar-refractivity contribution in [2.75, 3.05) is 33.3 Å². The Morgan fingerprint density at radius 2 is 1.95 bits per heavy atom. The quantitative estimate of drug-likeness (QED) is 0.330. The van der Waals surface area contributed by atoms with E-state index in [9.17, 15) is 9.18 Å². The minimum Gasteiger partial charge on any atom is -0.485 e. The summed E-state index contributed by atoms with van der Waals surface area (Å²) >= 11 is 6.40. The largest absolute Gasteiger partial charge is 0.485 e. The van der Waals surface area contributed by atoms with Crippen molar-refractivity contribution < 1.29 is 19.0 Å². The summed E-state index contributed by atoms with van der Waals surface area (Å²) in [6, 6.07) is 5.55. The fourth-order valence-corrected chi connectivity index (χ4v) is 5.60. The standard InChI is InChI=1S/C27H28ClFN8O2.CH4O/c1-3-25(38)35-8-6-34(7-9-35)21-11-22(12-21)37-17(2)26(32-33-37)18-10-24(27-23(28)14-31-36(27)15-18)39-16-20-5-4-19(29)13-30-20;1-2/h3-5,10,13-15,21-22H,1,6-9,11-12,16H2,2H3;2H,1H3. The summed E-state index contributed by atoms with van der Waals surface area (Å²) in [7, 11) is 1.00. The molecule has 1 aliphatic carbocycles. The zero-order valence-electron chi connectivity index (χ0n) is 23.0. The molecule has 4 aromatic rings. The van der Waals surface area contributed by atoms with Gasteiger partial charge >= 0.3 is 0 Å². The van der Waals surface area contributed by atoms with E-state index in [2.05, 4.69) is 31.9 Å². The Hall–Kier alpha value is -3.87. The third-order valence-electron chi connectivity index (χ3n) is 7.65. The summed E-state index contributed by atoms with van der Waals surface area (Å²) in [6.45, 7) is 8.98. The molecule has 11 nitrogen and oxygen atoms in total. The van der Waals surface area contributed by atoms with Crippen LogP contribution in [0.15, 0.2) is 49.4 Å². The molecule has 5 heterocycles. The topological polar surface area (TPSA) is 114 Å². The van der Waals surface area contributed by atoms with Crippen molar-refractivity contribution in [3.63, 3.8) is 0 Å². The van der Waals surface area contributed by atoms with Gasteiger partial charge in [0, 0.05) is 51.1 Å². The van der Waals surface area contributed by atoms with Crippen LogP contribution in [-0.4, -0.2) is 89.7 Å². The first-order chi connectivity index (χ1) is 19.9. The molecule has 0 unspecified atom stereocenters. The Balaban J connectivity index is 0.00000165. The van der Waals surface area contributed by atoms with Crippen molar-refractivity contribution >= 4 is 23.0 Å². The minimum absolute atomic E-state index is 0.00292. The molecule has 4 aromatic heterocycles. The van der Waals surface area contributed by atoms with Gasteiger partial charge in [-0.25, -0.2) is 13.6 Å². The lowest BCUT2D eigenvalue weighted by Gasteiger charge is -2.46. The normalized spacial score (nSPS) is 18.9. The molecule has 13 heteroatoms. The van der Waals surface area contributed by atoms with E-state index in [0.717, 1.165) is 69.3 Å². The highest BCUT2D eigenvalue weighted by molar-refractivity contribution is 6.34. The van der Waals surface area contributed by atoms with Gasteiger partial charge in [0.05, 0.1) is 34.8 Å². The van der Waals surface area contributed by atoms with Gasteiger partial charge < -0.3 is 14.7 Å². The number of carbonyl (C=O) groups is 1. The van der Waals surface area contributed by atoms with Gasteiger partial charge in [-0.1, -0.05) is 23.4 Å². The van der Waals surface area contributed by atoms with E-state index in [1.54, 1.807) is 16.8 Å². The molecule has 1 amide bonds. The predicted octanol–water partition coefficient (Wildman–Crippen LogP) is 3.31. The van der Waals surface area contributed by atoms with E-state index in [4.69, 9.17) is 21.4 Å². The molecule has 2 fully saturated rings. The van der Waals surface area contributed by atoms with E-state index in [0.29, 0.717) is 28.0 Å². The van der Waals surface area contributed by atoms with Crippen LogP contribution in [0, 0.1) is 12.7 Å². The molecule has 1 N–H and O–H groups in total. The number of nitrogens with zero attached hydrogens (tertiary/aromatic N) is 8. The van der Waals surface area contributed by atoms with Crippen molar-refractivity contribution in [2.24, 2.45) is 0 Å². The van der Waals surface area contributed by atoms with Gasteiger partial charge in [-0.3, -0.25) is 14.7 Å². The Labute approximate surface area is 241 Å². The molecule has 0 spiro atoms. The highest BCUT2D eigenvalue weighted by atomic mass is 35.5. The van der Waals surface area contributed by atoms with Crippen LogP contribution in [0.2, 0.25) is 5.02 Å². The van der Waals surface area contributed by atoms with Crippen molar-refractivity contribution in [2.45, 2.75) is 38.5 Å². The van der Waals surface area contributed by atoms with Crippen LogP contribution in [0.25, 0.3) is 16.8 Å². The highest BCUT2D eigenvalue weighted by Crippen LogP contribution is 2.39. The fraction of sp³-hybridized carbons (Fsp3) is 0.393. The molecule has 41 heavy (non-hydrogen) atoms. The van der Waals surface area contributed by atoms with Crippen LogP contribution in [0.4, 0.5) is 4.39 Å². The number of piperazine rings is 1. The lowest BCUT2D eigenvalue weighted by molar-refractivity contribution is -0.128. The molecule has 1 saturated carbocycles. The number of hydrogen-bond acceptors (Lipinski definition) is 8. The summed E-state index contributed by atoms with van der Waals surface area (Å²) in [5.74, 6) is 0.122. The SMILES string of the molecule is C=CC(=O)N1CCN(C2CC(n3nnc(-c4cc(OCc5ccc(F)cn5)c5c(Cl)cnn5c4)c3C)C2)CC1.CO. The summed E-state index contributed by atoms with van der Waals surface area (Å²) < 4.78 is 23.0. The molecule has 6 rings (SSSR count). The van der Waals surface area contributed by atoms with Crippen LogP contribution in [0.1, 0.15) is 30.3 Å². The van der Waals surface area contributed by atoms with Crippen molar-refractivity contribution in [3.8, 4) is 17.0 Å². The van der Waals surface area contributed by atoms with Crippen molar-refractivity contribution in [1.82, 2.24) is 39.4 Å². The van der Waals surface area contributed by atoms with Gasteiger partial charge in [0.15, 0.2) is 0 Å². The van der Waals surface area contributed by atoms with Crippen molar-refractivity contribution in [1.29, 1.82) is 0 Å². The number of halogens is 2. The van der Waals surface area contributed by atoms with E-state index >= 15 is 0 Å². The number of aromatic nitrogens is 6. The second kappa shape index (κ2) is 12.3. The van der Waals surface area contributed by atoms with Gasteiger partial charge in [-0.15, -0.1) is 5.10 Å². The average Bonchev–Trinajstić information content (AvgIpc) is 3.55. The molecule has 0 bridgehead atoms. The van der Waals surface area contributed by atoms with E-state index < -0.39 is 5.82 Å². The molecule has 2 aliphatic rings. The molecule has 0 atom stereocenters. The number of rotatable bonds is 7. The van der Waals surface area contributed by atoms with Gasteiger partial charge in [-0.05, 0) is 44.0 Å². The van der Waals surface area contributed by atoms with Crippen LogP contribution < -0.4 is 4.74 Å². The smallest absolute Gasteiger partial charge is 0.246 e. The summed E-state index contributed by atoms with van der Waals surface area (Å²) in [5, 5.41) is 20.8. The maximum Gasteiger partial charge on any atom is 0.246 e. The number of carbonyl (C=O) groups excluding carboxylic acids is 1. The zero-order chi connectivity index (χ0) is 29.1. The van der Waals surface area contributed by atoms with E-state index in [1.165, 1.54) is 12.1 Å². The van der Waals surface area contributed by atoms with Crippen LogP contribution in [0.3, 0.4) is 0 Å². The van der Waals surface area contributed by atoms with Crippen LogP contribution >= 0.6 is 11.6 Å². The Morgan fingerprint density at radius 3 is 2.63 bits per heavy atom. The number of aliphatic hydroxyl groups is 1. The predicted molar refractivity (Wildman–Crippen MR) is 151 cm³/mol. The third-order valence-corrected chi connectivity index (χ3v) is 7.92. The number of fused-ring (bicyclic) bond motifs is 1. The second-order valence-corrected chi connectivity index (χ2v) is 10.4. The highest BCUT2D eigenvalue weighted by Gasteiger charge is 2.38. The van der Waals surface area contributed by atoms with E-state index in [-0.39, 0.29) is 18.6 Å². The van der Waals surface area contributed by atoms with Gasteiger partial charge in [-0.2, -0.15) is 5.10 Å². The fourth-order valence-electron chi connectivity index (χ4n) is 5.38. The molecule has 1 saturated heterocycles. The first-order valence-corrected chi connectivity index (χ1v) is 13.7. The summed E-state index contributed by atoms with van der Waals surface area (Å²) in [5.41, 5.74) is 3.72. The molecular weight excluding hydrogens is 551 g/mol. The summed E-state index contributed by atoms with van der Waals surface area (Å²) in [6.07, 6.45) is 7.95. The number of amides is 1. The van der Waals surface area contributed by atoms with Gasteiger partial charge in [0.25, 0.3) is 0 Å². The van der Waals surface area contributed by atoms with Gasteiger partial charge in [0.1, 0.15) is 29.4 Å². The lowest BCUT2D eigenvalue weighted by Crippen LogP contribution is -2.55. The molecule has 1 aliphatic heterocycles. The zero-order valence-corrected chi connectivity index (χ0v) is 23.7. The summed E-state index contributed by atoms with van der Waals surface area (Å²) in [4.78, 5) is 20.2. The van der Waals surface area contributed by atoms with Gasteiger partial charge in [0.2, 0.25) is 5.91 Å². The first-order valence-electron chi connectivity index (χ1n) is 13.3. The Morgan fingerprint density at radius 1 is 1.20 bits per heavy atom. The number of aliphatic hydroxyl groups excluding tert-OH is 1. The second-order valence-electron chi connectivity index (χ2n) is 9.95. The number of hydrogen-bond donors (Lipinski definition) is 1. The van der Waals surface area contributed by atoms with Crippen LogP contribution in [-0.2, 0) is 11.4 Å². The maximum absolute atomic E-state index is 13.2. The Kier molecular flexibility index (Phi) is 8.62. The molecule has 216 valence electrons. The minimum atomic E-state index is -0.402. The number of pyridine rings is 2. The maximum atomic E-state index is 13.2. The number of ether oxygens (including phenoxy) is 1. The van der Waals surface area contributed by atoms with E-state index in [1.807, 2.05) is 28.8 Å². The molecule has 0 radical (unpaired) electrons. The van der Waals surface area contributed by atoms with Crippen molar-refractivity contribution in [3.05, 3.63) is 71.7 Å². The molecular formula is C28H32ClFN8O3. The lowest BCUT2D eigenvalue weighted by atomic mass is 9.85. The average molecular weight is 583 g/mol. The monoisotopic (exact) mass is 582 g/mol. The third kappa shape index (κ3) is 5.81. The molecule has 0 aromatic carbocycles. The first kappa shape index (κ1) is 28.7.